The highest BCUT2D eigenvalue weighted by molar-refractivity contribution is 5.99. The van der Waals surface area contributed by atoms with Crippen LogP contribution in [-0.2, 0) is 23.8 Å². The molecule has 0 aliphatic rings. The quantitative estimate of drug-likeness (QED) is 0.161. The minimum absolute atomic E-state index is 0.0336. The number of hydrogen-bond donors (Lipinski definition) is 4. The third-order valence-corrected chi connectivity index (χ3v) is 4.71. The number of hydrogen-bond acceptors (Lipinski definition) is 4. The lowest BCUT2D eigenvalue weighted by Gasteiger charge is -2.13. The number of benzene rings is 2. The molecule has 1 heterocycles. The van der Waals surface area contributed by atoms with E-state index in [0.717, 1.165) is 12.1 Å². The predicted octanol–water partition coefficient (Wildman–Crippen LogP) is 2.40. The van der Waals surface area contributed by atoms with E-state index in [0.29, 0.717) is 22.7 Å². The fraction of sp³-hybridized carbons (Fsp3) is 0.150. The number of oxime groups is 1. The van der Waals surface area contributed by atoms with Crippen molar-refractivity contribution in [3.8, 4) is 0 Å². The van der Waals surface area contributed by atoms with Gasteiger partial charge in [-0.3, -0.25) is 9.59 Å². The molecule has 0 unspecified atom stereocenters. The minimum atomic E-state index is -4.68. The third-order valence-electron chi connectivity index (χ3n) is 4.71. The molecular formula is C20H16F4N4O3. The molecule has 0 aliphatic carbocycles. The summed E-state index contributed by atoms with van der Waals surface area (Å²) in [6.45, 7) is 0. The van der Waals surface area contributed by atoms with Gasteiger partial charge in [-0.25, -0.2) is 4.39 Å². The van der Waals surface area contributed by atoms with Gasteiger partial charge in [-0.1, -0.05) is 11.2 Å². The van der Waals surface area contributed by atoms with Gasteiger partial charge in [0.25, 0.3) is 0 Å². The van der Waals surface area contributed by atoms with Crippen LogP contribution in [0.25, 0.3) is 10.9 Å². The van der Waals surface area contributed by atoms with Crippen LogP contribution in [0.2, 0.25) is 0 Å². The zero-order chi connectivity index (χ0) is 22.9. The van der Waals surface area contributed by atoms with Crippen molar-refractivity contribution in [3.05, 3.63) is 80.4 Å². The Bertz CT molecular complexity index is 1270. The summed E-state index contributed by atoms with van der Waals surface area (Å²) in [4.78, 5) is 26.9. The van der Waals surface area contributed by atoms with Crippen LogP contribution in [0.4, 0.5) is 17.6 Å². The van der Waals surface area contributed by atoms with Crippen LogP contribution in [0.3, 0.4) is 0 Å². The minimum Gasteiger partial charge on any atom is -0.409 e. The fourth-order valence-corrected chi connectivity index (χ4v) is 3.19. The molecule has 0 atom stereocenters. The largest absolute Gasteiger partial charge is 0.416 e. The van der Waals surface area contributed by atoms with E-state index in [1.807, 2.05) is 0 Å². The van der Waals surface area contributed by atoms with E-state index in [2.05, 4.69) is 10.1 Å². The highest BCUT2D eigenvalue weighted by Gasteiger charge is 2.31. The standard InChI is InChI=1S/C20H16F4N4O3/c21-15-7-12(20(22,23)24)2-1-9(15)3-10-5-16-13(4-11(10)6-17(25)29)18(30)14(8-27-16)19(26)28-31/h1-2,4-5,7-8,31H,3,6H2,(H2,25,29)(H2,26,28)(H,27,30). The maximum atomic E-state index is 14.3. The molecule has 0 saturated carbocycles. The van der Waals surface area contributed by atoms with Crippen LogP contribution in [0, 0.1) is 5.82 Å². The van der Waals surface area contributed by atoms with Gasteiger partial charge in [0, 0.05) is 23.5 Å². The lowest BCUT2D eigenvalue weighted by molar-refractivity contribution is -0.137. The molecule has 0 saturated heterocycles. The van der Waals surface area contributed by atoms with Crippen molar-refractivity contribution >= 4 is 22.6 Å². The Hall–Kier alpha value is -3.89. The number of nitrogens with zero attached hydrogens (tertiary/aromatic N) is 1. The molecule has 7 nitrogen and oxygen atoms in total. The fourth-order valence-electron chi connectivity index (χ4n) is 3.19. The summed E-state index contributed by atoms with van der Waals surface area (Å²) in [5.74, 6) is -2.20. The molecule has 0 radical (unpaired) electrons. The zero-order valence-corrected chi connectivity index (χ0v) is 15.8. The summed E-state index contributed by atoms with van der Waals surface area (Å²) in [5.41, 5.74) is 9.89. The molecule has 2 aromatic carbocycles. The Kier molecular flexibility index (Phi) is 5.69. The van der Waals surface area contributed by atoms with Gasteiger partial charge in [-0.15, -0.1) is 0 Å². The zero-order valence-electron chi connectivity index (χ0n) is 15.8. The van der Waals surface area contributed by atoms with Gasteiger partial charge in [-0.05, 0) is 41.0 Å². The van der Waals surface area contributed by atoms with E-state index in [9.17, 15) is 27.2 Å². The van der Waals surface area contributed by atoms with E-state index in [1.54, 1.807) is 0 Å². The number of aromatic nitrogens is 1. The Labute approximate surface area is 172 Å². The van der Waals surface area contributed by atoms with Crippen molar-refractivity contribution in [1.82, 2.24) is 4.98 Å². The molecule has 0 aliphatic heterocycles. The lowest BCUT2D eigenvalue weighted by Crippen LogP contribution is -2.23. The van der Waals surface area contributed by atoms with E-state index in [4.69, 9.17) is 16.7 Å². The van der Waals surface area contributed by atoms with Crippen molar-refractivity contribution in [2.75, 3.05) is 0 Å². The number of pyridine rings is 1. The average Bonchev–Trinajstić information content (AvgIpc) is 2.69. The van der Waals surface area contributed by atoms with Gasteiger partial charge in [-0.2, -0.15) is 13.2 Å². The topological polar surface area (TPSA) is 135 Å². The summed E-state index contributed by atoms with van der Waals surface area (Å²) < 4.78 is 52.6. The van der Waals surface area contributed by atoms with E-state index >= 15 is 0 Å². The molecule has 0 spiro atoms. The molecule has 1 amide bonds. The van der Waals surface area contributed by atoms with Crippen LogP contribution in [0.5, 0.6) is 0 Å². The Morgan fingerprint density at radius 1 is 1.10 bits per heavy atom. The normalized spacial score (nSPS) is 12.3. The summed E-state index contributed by atoms with van der Waals surface area (Å²) >= 11 is 0. The van der Waals surface area contributed by atoms with Crippen molar-refractivity contribution in [2.24, 2.45) is 16.6 Å². The number of H-pyrrole nitrogens is 1. The molecule has 6 N–H and O–H groups in total. The lowest BCUT2D eigenvalue weighted by atomic mass is 9.94. The summed E-state index contributed by atoms with van der Waals surface area (Å²) in [6, 6.07) is 5.01. The van der Waals surface area contributed by atoms with Gasteiger partial charge < -0.3 is 21.7 Å². The third kappa shape index (κ3) is 4.49. The Morgan fingerprint density at radius 3 is 2.39 bits per heavy atom. The Morgan fingerprint density at radius 2 is 1.81 bits per heavy atom. The number of primary amides is 1. The molecule has 3 aromatic rings. The van der Waals surface area contributed by atoms with Gasteiger partial charge in [0.2, 0.25) is 5.91 Å². The first kappa shape index (κ1) is 21.8. The predicted molar refractivity (Wildman–Crippen MR) is 104 cm³/mol. The number of aromatic amines is 1. The number of alkyl halides is 3. The Balaban J connectivity index is 2.13. The van der Waals surface area contributed by atoms with Gasteiger partial charge >= 0.3 is 6.18 Å². The molecular weight excluding hydrogens is 420 g/mol. The first-order chi connectivity index (χ1) is 14.5. The van der Waals surface area contributed by atoms with E-state index in [1.165, 1.54) is 18.3 Å². The van der Waals surface area contributed by atoms with Crippen LogP contribution in [-0.4, -0.2) is 21.9 Å². The van der Waals surface area contributed by atoms with Gasteiger partial charge in [0.1, 0.15) is 5.82 Å². The highest BCUT2D eigenvalue weighted by Crippen LogP contribution is 2.31. The van der Waals surface area contributed by atoms with Crippen molar-refractivity contribution in [2.45, 2.75) is 19.0 Å². The molecule has 11 heteroatoms. The molecule has 3 rings (SSSR count). The first-order valence-electron chi connectivity index (χ1n) is 8.80. The van der Waals surface area contributed by atoms with Crippen LogP contribution >= 0.6 is 0 Å². The SMILES string of the molecule is NC(=O)Cc1cc2c(=O)c(/C(N)=N/O)c[nH]c2cc1Cc1ccc(C(F)(F)F)cc1F. The highest BCUT2D eigenvalue weighted by atomic mass is 19.4. The van der Waals surface area contributed by atoms with Gasteiger partial charge in [0.05, 0.1) is 17.5 Å². The van der Waals surface area contributed by atoms with Crippen molar-refractivity contribution in [3.63, 3.8) is 0 Å². The molecule has 0 fully saturated rings. The maximum absolute atomic E-state index is 14.3. The number of rotatable bonds is 5. The summed E-state index contributed by atoms with van der Waals surface area (Å²) in [7, 11) is 0. The van der Waals surface area contributed by atoms with Crippen LogP contribution in [0.15, 0.2) is 46.5 Å². The molecule has 31 heavy (non-hydrogen) atoms. The first-order valence-corrected chi connectivity index (χ1v) is 8.80. The summed E-state index contributed by atoms with van der Waals surface area (Å²) in [6.07, 6.45) is -3.90. The van der Waals surface area contributed by atoms with E-state index < -0.39 is 34.7 Å². The molecule has 1 aromatic heterocycles. The molecule has 162 valence electrons. The summed E-state index contributed by atoms with van der Waals surface area (Å²) in [5, 5.41) is 11.7. The van der Waals surface area contributed by atoms with Gasteiger partial charge in [0.15, 0.2) is 11.3 Å². The number of nitrogens with one attached hydrogen (secondary N) is 1. The second-order valence-electron chi connectivity index (χ2n) is 6.81. The van der Waals surface area contributed by atoms with E-state index in [-0.39, 0.29) is 29.4 Å². The number of carbonyl (C=O) groups is 1. The number of amides is 1. The number of nitrogens with two attached hydrogens (primary N) is 2. The van der Waals surface area contributed by atoms with Crippen LogP contribution < -0.4 is 16.9 Å². The second kappa shape index (κ2) is 8.09. The molecule has 0 bridgehead atoms. The number of amidine groups is 1. The average molecular weight is 436 g/mol. The second-order valence-corrected chi connectivity index (χ2v) is 6.81. The number of fused-ring (bicyclic) bond motifs is 1. The number of carbonyl (C=O) groups excluding carboxylic acids is 1. The maximum Gasteiger partial charge on any atom is 0.416 e. The monoisotopic (exact) mass is 436 g/mol. The van der Waals surface area contributed by atoms with Crippen molar-refractivity contribution in [1.29, 1.82) is 0 Å². The smallest absolute Gasteiger partial charge is 0.409 e. The number of halogens is 4. The van der Waals surface area contributed by atoms with Crippen LogP contribution in [0.1, 0.15) is 27.8 Å². The van der Waals surface area contributed by atoms with Crippen molar-refractivity contribution < 1.29 is 27.6 Å².